The van der Waals surface area contributed by atoms with Crippen LogP contribution in [0.1, 0.15) is 84.6 Å². The third kappa shape index (κ3) is 7.98. The number of aromatic nitrogens is 4. The van der Waals surface area contributed by atoms with E-state index in [2.05, 4.69) is 273 Å². The number of rotatable bonds is 8. The Bertz CT molecular complexity index is 5260. The van der Waals surface area contributed by atoms with E-state index in [9.17, 15) is 10.5 Å². The summed E-state index contributed by atoms with van der Waals surface area (Å²) in [6.45, 7) is 0. The fraction of sp³-hybridized carbons (Fsp3) is 0.136. The lowest BCUT2D eigenvalue weighted by atomic mass is 9.84. The second-order valence-corrected chi connectivity index (χ2v) is 24.0. The molecule has 0 fully saturated rings. The van der Waals surface area contributed by atoms with Crippen LogP contribution in [0.25, 0.3) is 117 Å². The Labute approximate surface area is 505 Å². The molecule has 6 aliphatic carbocycles. The second-order valence-electron chi connectivity index (χ2n) is 24.0. The molecule has 0 aliphatic heterocycles. The molecule has 6 nitrogen and oxygen atoms in total. The standard InChI is InChI=1S/C81H60N6/c82-50-68-78(84-70-33-17-13-29-60(70)64-45-56(37-41-74(64)84)52-21-5-1-6-22-52)49-79(85-71-34-18-14-30-61(71)65-46-57(38-42-75(65)85)53-23-7-2-8-24-53)81(87-73-36-20-16-32-63(73)67-48-59(40-44-77(67)87)55-27-11-4-12-28-55)69(51-83)80(68)86-72-35-19-15-31-62(72)66-47-58(39-43-76(66)86)54-25-9-3-10-26-54/h3,5,7,9-11,13-14,16-30,32-47,49,59,79H,1-2,4,6,8,12,15,31,48H2. The average molecular weight is 1120 g/mol. The van der Waals surface area contributed by atoms with Gasteiger partial charge in [0.1, 0.15) is 17.7 Å². The van der Waals surface area contributed by atoms with E-state index in [1.807, 2.05) is 0 Å². The Morgan fingerprint density at radius 3 is 1.64 bits per heavy atom. The van der Waals surface area contributed by atoms with E-state index in [0.29, 0.717) is 22.5 Å². The van der Waals surface area contributed by atoms with Gasteiger partial charge < -0.3 is 18.3 Å². The highest BCUT2D eigenvalue weighted by atomic mass is 15.1. The Kier molecular flexibility index (Phi) is 12.0. The van der Waals surface area contributed by atoms with Crippen molar-refractivity contribution in [1.82, 2.24) is 18.3 Å². The van der Waals surface area contributed by atoms with E-state index in [1.165, 1.54) is 33.4 Å². The summed E-state index contributed by atoms with van der Waals surface area (Å²) < 4.78 is 9.56. The summed E-state index contributed by atoms with van der Waals surface area (Å²) in [4.78, 5) is 0. The number of fused-ring (bicyclic) bond motifs is 12. The number of benzene rings is 7. The van der Waals surface area contributed by atoms with E-state index >= 15 is 0 Å². The van der Waals surface area contributed by atoms with Crippen LogP contribution in [0.3, 0.4) is 0 Å². The van der Waals surface area contributed by atoms with Crippen LogP contribution in [0.4, 0.5) is 0 Å². The maximum Gasteiger partial charge on any atom is 0.104 e. The minimum absolute atomic E-state index is 0.196. The zero-order valence-corrected chi connectivity index (χ0v) is 48.3. The first-order valence-corrected chi connectivity index (χ1v) is 31.0. The van der Waals surface area contributed by atoms with Crippen molar-refractivity contribution in [3.05, 3.63) is 281 Å². The highest BCUT2D eigenvalue weighted by Gasteiger charge is 2.38. The molecular weight excluding hydrogens is 1060 g/mol. The molecule has 0 N–H and O–H groups in total. The van der Waals surface area contributed by atoms with Crippen molar-refractivity contribution in [2.24, 2.45) is 5.92 Å². The molecule has 2 unspecified atom stereocenters. The number of allylic oxidation sites excluding steroid dienone is 20. The molecule has 7 aromatic carbocycles. The zero-order valence-electron chi connectivity index (χ0n) is 48.3. The summed E-state index contributed by atoms with van der Waals surface area (Å²) in [6.07, 6.45) is 41.1. The predicted molar refractivity (Wildman–Crippen MR) is 362 cm³/mol. The quantitative estimate of drug-likeness (QED) is 0.152. The van der Waals surface area contributed by atoms with Gasteiger partial charge in [0.2, 0.25) is 0 Å². The van der Waals surface area contributed by atoms with Crippen LogP contribution >= 0.6 is 0 Å². The van der Waals surface area contributed by atoms with Crippen LogP contribution in [-0.4, -0.2) is 18.3 Å². The van der Waals surface area contributed by atoms with Crippen molar-refractivity contribution < 1.29 is 0 Å². The summed E-state index contributed by atoms with van der Waals surface area (Å²) in [5.41, 5.74) is 21.8. The molecule has 17 rings (SSSR count). The summed E-state index contributed by atoms with van der Waals surface area (Å²) in [6, 6.07) is 62.8. The summed E-state index contributed by atoms with van der Waals surface area (Å²) in [5, 5.41) is 32.4. The van der Waals surface area contributed by atoms with Crippen LogP contribution in [0.15, 0.2) is 247 Å². The molecular formula is C81H60N6. The summed E-state index contributed by atoms with van der Waals surface area (Å²) in [5.74, 6) is 0.196. The molecule has 0 saturated carbocycles. The average Bonchev–Trinajstić information content (AvgIpc) is 1.79. The molecule has 0 saturated heterocycles. The molecule has 0 radical (unpaired) electrons. The predicted octanol–water partition coefficient (Wildman–Crippen LogP) is 20.3. The van der Waals surface area contributed by atoms with Crippen molar-refractivity contribution in [2.45, 2.75) is 63.8 Å². The topological polar surface area (TPSA) is 67.3 Å². The fourth-order valence-corrected chi connectivity index (χ4v) is 15.3. The first-order chi connectivity index (χ1) is 43.1. The maximum atomic E-state index is 13.0. The van der Waals surface area contributed by atoms with Gasteiger partial charge in [-0.1, -0.05) is 170 Å². The van der Waals surface area contributed by atoms with E-state index in [1.54, 1.807) is 0 Å². The molecule has 414 valence electrons. The smallest absolute Gasteiger partial charge is 0.104 e. The highest BCUT2D eigenvalue weighted by Crippen LogP contribution is 2.51. The maximum absolute atomic E-state index is 13.0. The zero-order chi connectivity index (χ0) is 57.7. The van der Waals surface area contributed by atoms with Crippen LogP contribution in [-0.2, 0) is 12.8 Å². The van der Waals surface area contributed by atoms with Crippen molar-refractivity contribution in [1.29, 1.82) is 10.5 Å². The van der Waals surface area contributed by atoms with Gasteiger partial charge in [-0.15, -0.1) is 0 Å². The van der Waals surface area contributed by atoms with Gasteiger partial charge in [0.05, 0.1) is 61.8 Å². The van der Waals surface area contributed by atoms with Gasteiger partial charge in [-0.3, -0.25) is 0 Å². The van der Waals surface area contributed by atoms with Crippen LogP contribution in [0, 0.1) is 28.6 Å². The Morgan fingerprint density at radius 1 is 0.402 bits per heavy atom. The monoisotopic (exact) mass is 1120 g/mol. The van der Waals surface area contributed by atoms with Gasteiger partial charge in [-0.25, -0.2) is 0 Å². The molecule has 87 heavy (non-hydrogen) atoms. The number of hydrogen-bond donors (Lipinski definition) is 0. The number of nitrogens with zero attached hydrogens (tertiary/aromatic N) is 6. The first kappa shape index (κ1) is 50.8. The van der Waals surface area contributed by atoms with Crippen molar-refractivity contribution in [3.63, 3.8) is 0 Å². The van der Waals surface area contributed by atoms with E-state index in [4.69, 9.17) is 0 Å². The van der Waals surface area contributed by atoms with E-state index < -0.39 is 6.04 Å². The van der Waals surface area contributed by atoms with Gasteiger partial charge in [-0.05, 0) is 181 Å². The largest absolute Gasteiger partial charge is 0.328 e. The van der Waals surface area contributed by atoms with E-state index in [-0.39, 0.29) is 5.92 Å². The minimum atomic E-state index is -0.682. The molecule has 0 spiro atoms. The lowest BCUT2D eigenvalue weighted by Crippen LogP contribution is -2.18. The molecule has 2 atom stereocenters. The Morgan fingerprint density at radius 2 is 0.954 bits per heavy atom. The molecule has 0 bridgehead atoms. The van der Waals surface area contributed by atoms with Crippen LogP contribution < -0.4 is 0 Å². The number of aryl methyl sites for hydroxylation is 1. The van der Waals surface area contributed by atoms with Gasteiger partial charge >= 0.3 is 0 Å². The minimum Gasteiger partial charge on any atom is -0.328 e. The molecule has 11 aromatic rings. The third-order valence-corrected chi connectivity index (χ3v) is 19.3. The lowest BCUT2D eigenvalue weighted by Gasteiger charge is -2.27. The van der Waals surface area contributed by atoms with Crippen molar-refractivity contribution >= 4 is 106 Å². The fourth-order valence-electron chi connectivity index (χ4n) is 15.3. The van der Waals surface area contributed by atoms with Gasteiger partial charge in [0.25, 0.3) is 0 Å². The van der Waals surface area contributed by atoms with E-state index in [0.717, 1.165) is 157 Å². The van der Waals surface area contributed by atoms with Gasteiger partial charge in [0, 0.05) is 49.6 Å². The first-order valence-electron chi connectivity index (χ1n) is 31.0. The highest BCUT2D eigenvalue weighted by molar-refractivity contribution is 6.15. The summed E-state index contributed by atoms with van der Waals surface area (Å²) in [7, 11) is 0. The number of hydrogen-bond acceptors (Lipinski definition) is 2. The molecule has 4 aromatic heterocycles. The molecule has 6 aliphatic rings. The van der Waals surface area contributed by atoms with Crippen molar-refractivity contribution in [2.75, 3.05) is 0 Å². The van der Waals surface area contributed by atoms with Crippen molar-refractivity contribution in [3.8, 4) is 23.3 Å². The third-order valence-electron chi connectivity index (χ3n) is 19.3. The SMILES string of the molecule is N#CC1=C(n2c3c(c4cc(-c5ccccc5)ccc42)CCC=C3)C(C#N)=C(n2c3c(c4ccccc42)CC(C2=CCCC=C2)C=C3)C(n2c3ccccc3c3cc(C4=CCCC=C4)ccc32)C=C1n1c2ccccc2c2cc(C3=CCCC=C3)ccc21. The van der Waals surface area contributed by atoms with Gasteiger partial charge in [0.15, 0.2) is 0 Å². The Hall–Kier alpha value is -10.7. The lowest BCUT2D eigenvalue weighted by molar-refractivity contribution is 0.737. The van der Waals surface area contributed by atoms with Gasteiger partial charge in [-0.2, -0.15) is 10.5 Å². The molecule has 4 heterocycles. The summed E-state index contributed by atoms with van der Waals surface area (Å²) >= 11 is 0. The Balaban J connectivity index is 1.05. The van der Waals surface area contributed by atoms with Crippen LogP contribution in [0.5, 0.6) is 0 Å². The molecule has 6 heteroatoms. The second kappa shape index (κ2) is 20.6. The number of para-hydroxylation sites is 3. The number of nitriles is 2. The van der Waals surface area contributed by atoms with Crippen LogP contribution in [0.2, 0.25) is 0 Å². The normalized spacial score (nSPS) is 18.3. The molecule has 0 amide bonds.